The molecular weight excluding hydrogens is 450 g/mol. The zero-order valence-corrected chi connectivity index (χ0v) is 21.2. The maximum Gasteiger partial charge on any atom is 0.255 e. The molecule has 34 heavy (non-hydrogen) atoms. The van der Waals surface area contributed by atoms with Crippen LogP contribution in [0.2, 0.25) is 0 Å². The largest absolute Gasteiger partial charge is 0.490 e. The Balaban J connectivity index is 1.78. The molecule has 7 nitrogen and oxygen atoms in total. The predicted octanol–water partition coefficient (Wildman–Crippen LogP) is 5.91. The van der Waals surface area contributed by atoms with Crippen LogP contribution in [-0.2, 0) is 12.3 Å². The summed E-state index contributed by atoms with van der Waals surface area (Å²) in [6.45, 7) is 10.2. The second-order valence-corrected chi connectivity index (χ2v) is 8.82. The summed E-state index contributed by atoms with van der Waals surface area (Å²) in [6.07, 6.45) is 1.79. The summed E-state index contributed by atoms with van der Waals surface area (Å²) >= 11 is 1.53. The molecule has 8 heteroatoms. The lowest BCUT2D eigenvalue weighted by atomic mass is 10.1. The molecule has 1 amide bonds. The second kappa shape index (κ2) is 13.0. The normalized spacial score (nSPS) is 10.8. The minimum Gasteiger partial charge on any atom is -0.490 e. The number of ether oxygens (including phenoxy) is 2. The van der Waals surface area contributed by atoms with Crippen molar-refractivity contribution in [3.63, 3.8) is 0 Å². The first kappa shape index (κ1) is 25.6. The molecule has 0 aliphatic rings. The zero-order chi connectivity index (χ0) is 24.3. The van der Waals surface area contributed by atoms with E-state index in [2.05, 4.69) is 24.0 Å². The van der Waals surface area contributed by atoms with Gasteiger partial charge in [0.15, 0.2) is 17.3 Å². The van der Waals surface area contributed by atoms with E-state index in [9.17, 15) is 4.79 Å². The molecule has 182 valence electrons. The quantitative estimate of drug-likeness (QED) is 0.280. The van der Waals surface area contributed by atoms with Gasteiger partial charge in [0.25, 0.3) is 5.91 Å². The van der Waals surface area contributed by atoms with Crippen LogP contribution in [0.15, 0.2) is 51.9 Å². The third-order valence-corrected chi connectivity index (χ3v) is 6.04. The van der Waals surface area contributed by atoms with Crippen LogP contribution in [0, 0.1) is 6.92 Å². The predicted molar refractivity (Wildman–Crippen MR) is 133 cm³/mol. The van der Waals surface area contributed by atoms with E-state index in [0.717, 1.165) is 29.1 Å². The molecule has 0 bridgehead atoms. The number of benzene rings is 2. The number of rotatable bonds is 13. The Morgan fingerprint density at radius 2 is 1.88 bits per heavy atom. The first-order chi connectivity index (χ1) is 16.5. The van der Waals surface area contributed by atoms with E-state index < -0.39 is 0 Å². The highest BCUT2D eigenvalue weighted by atomic mass is 32.2. The summed E-state index contributed by atoms with van der Waals surface area (Å²) in [5, 5.41) is 3.95. The lowest BCUT2D eigenvalue weighted by Gasteiger charge is -2.24. The highest BCUT2D eigenvalue weighted by molar-refractivity contribution is 7.98. The summed E-state index contributed by atoms with van der Waals surface area (Å²) in [6, 6.07) is 13.6. The Bertz CT molecular complexity index is 1070. The van der Waals surface area contributed by atoms with E-state index in [-0.39, 0.29) is 5.91 Å². The van der Waals surface area contributed by atoms with E-state index >= 15 is 0 Å². The molecule has 3 aromatic rings. The number of hydrogen-bond acceptors (Lipinski definition) is 7. The SMILES string of the molecule is CCCOc1ccc(CN(CCC)C(=O)c2ccccc2SCc2noc(C)n2)cc1OCC. The smallest absolute Gasteiger partial charge is 0.255 e. The van der Waals surface area contributed by atoms with Gasteiger partial charge in [-0.05, 0) is 49.6 Å². The Kier molecular flexibility index (Phi) is 9.82. The summed E-state index contributed by atoms with van der Waals surface area (Å²) in [5.74, 6) is 3.13. The van der Waals surface area contributed by atoms with E-state index in [1.54, 1.807) is 6.92 Å². The van der Waals surface area contributed by atoms with Gasteiger partial charge in [0.1, 0.15) is 0 Å². The standard InChI is InChI=1S/C26H33N3O4S/c1-5-14-29(17-20-12-13-22(32-15-6-2)23(16-20)31-7-3)26(30)21-10-8-9-11-24(21)34-18-25-27-19(4)33-28-25/h8-13,16H,5-7,14-15,17-18H2,1-4H3. The summed E-state index contributed by atoms with van der Waals surface area (Å²) in [5.41, 5.74) is 1.68. The van der Waals surface area contributed by atoms with Gasteiger partial charge in [-0.3, -0.25) is 4.79 Å². The second-order valence-electron chi connectivity index (χ2n) is 7.80. The molecule has 3 rings (SSSR count). The number of carbonyl (C=O) groups is 1. The van der Waals surface area contributed by atoms with Crippen molar-refractivity contribution >= 4 is 17.7 Å². The number of nitrogens with zero attached hydrogens (tertiary/aromatic N) is 3. The van der Waals surface area contributed by atoms with Gasteiger partial charge in [-0.15, -0.1) is 11.8 Å². The molecule has 0 spiro atoms. The van der Waals surface area contributed by atoms with Crippen LogP contribution in [0.25, 0.3) is 0 Å². The van der Waals surface area contributed by atoms with Crippen molar-refractivity contribution in [2.75, 3.05) is 19.8 Å². The van der Waals surface area contributed by atoms with Crippen LogP contribution >= 0.6 is 11.8 Å². The minimum absolute atomic E-state index is 0.00138. The van der Waals surface area contributed by atoms with Crippen molar-refractivity contribution in [1.29, 1.82) is 0 Å². The van der Waals surface area contributed by atoms with Gasteiger partial charge >= 0.3 is 0 Å². The summed E-state index contributed by atoms with van der Waals surface area (Å²) < 4.78 is 16.7. The fourth-order valence-corrected chi connectivity index (χ4v) is 4.36. The molecule has 0 aliphatic carbocycles. The van der Waals surface area contributed by atoms with Crippen LogP contribution in [-0.4, -0.2) is 40.7 Å². The molecule has 1 heterocycles. The Morgan fingerprint density at radius 1 is 1.06 bits per heavy atom. The molecule has 0 fully saturated rings. The highest BCUT2D eigenvalue weighted by Gasteiger charge is 2.20. The van der Waals surface area contributed by atoms with Crippen molar-refractivity contribution in [3.8, 4) is 11.5 Å². The maximum atomic E-state index is 13.6. The van der Waals surface area contributed by atoms with Gasteiger partial charge < -0.3 is 18.9 Å². The fourth-order valence-electron chi connectivity index (χ4n) is 3.47. The van der Waals surface area contributed by atoms with Gasteiger partial charge in [-0.25, -0.2) is 0 Å². The average molecular weight is 484 g/mol. The number of aromatic nitrogens is 2. The molecule has 0 atom stereocenters. The molecule has 2 aromatic carbocycles. The highest BCUT2D eigenvalue weighted by Crippen LogP contribution is 2.30. The molecule has 0 aliphatic heterocycles. The van der Waals surface area contributed by atoms with E-state index in [4.69, 9.17) is 14.0 Å². The van der Waals surface area contributed by atoms with Gasteiger partial charge in [0.05, 0.1) is 24.5 Å². The molecule has 0 saturated carbocycles. The van der Waals surface area contributed by atoms with Gasteiger partial charge in [-0.2, -0.15) is 4.98 Å². The van der Waals surface area contributed by atoms with E-state index in [0.29, 0.717) is 55.1 Å². The maximum absolute atomic E-state index is 13.6. The van der Waals surface area contributed by atoms with Crippen LogP contribution in [0.5, 0.6) is 11.5 Å². The van der Waals surface area contributed by atoms with Crippen molar-refractivity contribution in [2.45, 2.75) is 57.7 Å². The van der Waals surface area contributed by atoms with Crippen molar-refractivity contribution < 1.29 is 18.8 Å². The van der Waals surface area contributed by atoms with Gasteiger partial charge in [0.2, 0.25) is 5.89 Å². The summed E-state index contributed by atoms with van der Waals surface area (Å²) in [4.78, 5) is 20.6. The van der Waals surface area contributed by atoms with Crippen molar-refractivity contribution in [2.24, 2.45) is 0 Å². The Labute approximate surface area is 205 Å². The van der Waals surface area contributed by atoms with Crippen LogP contribution in [0.3, 0.4) is 0 Å². The number of hydrogen-bond donors (Lipinski definition) is 0. The fraction of sp³-hybridized carbons (Fsp3) is 0.423. The third-order valence-electron chi connectivity index (χ3n) is 4.97. The minimum atomic E-state index is -0.00138. The number of carbonyl (C=O) groups excluding carboxylic acids is 1. The van der Waals surface area contributed by atoms with Crippen LogP contribution in [0.1, 0.15) is 61.2 Å². The first-order valence-electron chi connectivity index (χ1n) is 11.7. The topological polar surface area (TPSA) is 77.7 Å². The van der Waals surface area contributed by atoms with Crippen molar-refractivity contribution in [3.05, 3.63) is 65.3 Å². The number of amides is 1. The number of thioether (sulfide) groups is 1. The van der Waals surface area contributed by atoms with Gasteiger partial charge in [0, 0.05) is 24.9 Å². The molecule has 0 radical (unpaired) electrons. The van der Waals surface area contributed by atoms with Crippen molar-refractivity contribution in [1.82, 2.24) is 15.0 Å². The van der Waals surface area contributed by atoms with Crippen LogP contribution in [0.4, 0.5) is 0 Å². The molecular formula is C26H33N3O4S. The molecule has 1 aromatic heterocycles. The monoisotopic (exact) mass is 483 g/mol. The molecule has 0 saturated heterocycles. The van der Waals surface area contributed by atoms with E-state index in [1.807, 2.05) is 54.3 Å². The Hall–Kier alpha value is -3.00. The number of aryl methyl sites for hydroxylation is 1. The average Bonchev–Trinajstić information content (AvgIpc) is 3.27. The Morgan fingerprint density at radius 3 is 2.59 bits per heavy atom. The summed E-state index contributed by atoms with van der Waals surface area (Å²) in [7, 11) is 0. The van der Waals surface area contributed by atoms with Gasteiger partial charge in [-0.1, -0.05) is 37.2 Å². The lowest BCUT2D eigenvalue weighted by molar-refractivity contribution is 0.0739. The first-order valence-corrected chi connectivity index (χ1v) is 12.7. The van der Waals surface area contributed by atoms with E-state index in [1.165, 1.54) is 11.8 Å². The lowest BCUT2D eigenvalue weighted by Crippen LogP contribution is -2.31. The third kappa shape index (κ3) is 7.00. The van der Waals surface area contributed by atoms with Crippen LogP contribution < -0.4 is 9.47 Å². The zero-order valence-electron chi connectivity index (χ0n) is 20.4. The molecule has 0 N–H and O–H groups in total. The molecule has 0 unspecified atom stereocenters.